The van der Waals surface area contributed by atoms with Gasteiger partial charge in [-0.3, -0.25) is 0 Å². The third-order valence-corrected chi connectivity index (χ3v) is 3.88. The number of ether oxygens (including phenoxy) is 1. The van der Waals surface area contributed by atoms with Gasteiger partial charge >= 0.3 is 0 Å². The predicted octanol–water partition coefficient (Wildman–Crippen LogP) is -0.0710. The van der Waals surface area contributed by atoms with E-state index in [1.807, 2.05) is 0 Å². The van der Waals surface area contributed by atoms with E-state index in [-0.39, 0.29) is 24.2 Å². The summed E-state index contributed by atoms with van der Waals surface area (Å²) >= 11 is 0. The lowest BCUT2D eigenvalue weighted by atomic mass is 10.1. The van der Waals surface area contributed by atoms with E-state index in [4.69, 9.17) is 10.5 Å². The predicted molar refractivity (Wildman–Crippen MR) is 51.3 cm³/mol. The van der Waals surface area contributed by atoms with Gasteiger partial charge in [-0.25, -0.2) is 8.42 Å². The summed E-state index contributed by atoms with van der Waals surface area (Å²) < 4.78 is 28.0. The van der Waals surface area contributed by atoms with Gasteiger partial charge in [0.1, 0.15) is 0 Å². The molecule has 1 saturated heterocycles. The molecule has 78 valence electrons. The smallest absolute Gasteiger partial charge is 0.154 e. The van der Waals surface area contributed by atoms with Gasteiger partial charge in [0.15, 0.2) is 9.84 Å². The first-order valence-electron chi connectivity index (χ1n) is 4.66. The van der Waals surface area contributed by atoms with Gasteiger partial charge in [0.05, 0.1) is 17.6 Å². The maximum atomic E-state index is 11.3. The van der Waals surface area contributed by atoms with E-state index in [0.29, 0.717) is 6.61 Å². The molecule has 1 unspecified atom stereocenters. The Hall–Kier alpha value is -0.130. The molecule has 0 saturated carbocycles. The van der Waals surface area contributed by atoms with Crippen LogP contribution in [0.5, 0.6) is 0 Å². The van der Waals surface area contributed by atoms with Crippen LogP contribution in [0.4, 0.5) is 0 Å². The highest BCUT2D eigenvalue weighted by atomic mass is 32.2. The van der Waals surface area contributed by atoms with Crippen molar-refractivity contribution in [3.8, 4) is 0 Å². The average molecular weight is 207 g/mol. The SMILES string of the molecule is NCCS(=O)(=O)CC1CCCCO1. The first kappa shape index (κ1) is 10.9. The Kier molecular flexibility index (Phi) is 4.15. The summed E-state index contributed by atoms with van der Waals surface area (Å²) in [6.45, 7) is 0.901. The van der Waals surface area contributed by atoms with Crippen molar-refractivity contribution in [3.05, 3.63) is 0 Å². The minimum absolute atomic E-state index is 0.0762. The van der Waals surface area contributed by atoms with Crippen LogP contribution in [0, 0.1) is 0 Å². The molecule has 0 aliphatic carbocycles. The van der Waals surface area contributed by atoms with Gasteiger partial charge in [0.2, 0.25) is 0 Å². The molecular formula is C8H17NO3S. The number of hydrogen-bond donors (Lipinski definition) is 1. The second-order valence-corrected chi connectivity index (χ2v) is 5.62. The molecular weight excluding hydrogens is 190 g/mol. The highest BCUT2D eigenvalue weighted by Gasteiger charge is 2.21. The van der Waals surface area contributed by atoms with Gasteiger partial charge in [0.25, 0.3) is 0 Å². The van der Waals surface area contributed by atoms with Gasteiger partial charge in [-0.1, -0.05) is 0 Å². The summed E-state index contributed by atoms with van der Waals surface area (Å²) in [5.41, 5.74) is 5.20. The van der Waals surface area contributed by atoms with Crippen molar-refractivity contribution in [1.82, 2.24) is 0 Å². The zero-order chi connectivity index (χ0) is 9.73. The zero-order valence-corrected chi connectivity index (χ0v) is 8.55. The third kappa shape index (κ3) is 4.06. The molecule has 0 amide bonds. The highest BCUT2D eigenvalue weighted by molar-refractivity contribution is 7.91. The fraction of sp³-hybridized carbons (Fsp3) is 1.00. The largest absolute Gasteiger partial charge is 0.377 e. The first-order chi connectivity index (χ1) is 6.14. The highest BCUT2D eigenvalue weighted by Crippen LogP contribution is 2.14. The Bertz CT molecular complexity index is 232. The van der Waals surface area contributed by atoms with Gasteiger partial charge < -0.3 is 10.5 Å². The van der Waals surface area contributed by atoms with Crippen LogP contribution in [-0.2, 0) is 14.6 Å². The summed E-state index contributed by atoms with van der Waals surface area (Å²) in [6.07, 6.45) is 2.89. The fourth-order valence-corrected chi connectivity index (χ4v) is 2.84. The van der Waals surface area contributed by atoms with Crippen molar-refractivity contribution in [2.45, 2.75) is 25.4 Å². The molecule has 4 nitrogen and oxygen atoms in total. The van der Waals surface area contributed by atoms with Gasteiger partial charge in [0, 0.05) is 13.2 Å². The lowest BCUT2D eigenvalue weighted by Crippen LogP contribution is -2.30. The van der Waals surface area contributed by atoms with Crippen LogP contribution in [0.2, 0.25) is 0 Å². The maximum absolute atomic E-state index is 11.3. The number of hydrogen-bond acceptors (Lipinski definition) is 4. The Morgan fingerprint density at radius 3 is 2.69 bits per heavy atom. The van der Waals surface area contributed by atoms with E-state index in [0.717, 1.165) is 19.3 Å². The summed E-state index contributed by atoms with van der Waals surface area (Å²) in [5, 5.41) is 0. The van der Waals surface area contributed by atoms with Gasteiger partial charge in [-0.2, -0.15) is 0 Å². The maximum Gasteiger partial charge on any atom is 0.154 e. The molecule has 0 radical (unpaired) electrons. The van der Waals surface area contributed by atoms with Crippen LogP contribution in [0.25, 0.3) is 0 Å². The Morgan fingerprint density at radius 1 is 1.38 bits per heavy atom. The molecule has 1 fully saturated rings. The van der Waals surface area contributed by atoms with Gasteiger partial charge in [-0.15, -0.1) is 0 Å². The molecule has 0 aromatic rings. The van der Waals surface area contributed by atoms with Gasteiger partial charge in [-0.05, 0) is 19.3 Å². The van der Waals surface area contributed by atoms with Crippen LogP contribution in [0.1, 0.15) is 19.3 Å². The third-order valence-electron chi connectivity index (χ3n) is 2.14. The Labute approximate surface area is 79.4 Å². The number of rotatable bonds is 4. The van der Waals surface area contributed by atoms with Crippen molar-refractivity contribution in [2.24, 2.45) is 5.73 Å². The molecule has 5 heteroatoms. The van der Waals surface area contributed by atoms with Crippen molar-refractivity contribution in [3.63, 3.8) is 0 Å². The molecule has 0 aromatic heterocycles. The summed E-state index contributed by atoms with van der Waals surface area (Å²) in [6, 6.07) is 0. The van der Waals surface area contributed by atoms with Crippen LogP contribution in [0.15, 0.2) is 0 Å². The summed E-state index contributed by atoms with van der Waals surface area (Å²) in [5.74, 6) is 0.219. The molecule has 1 heterocycles. The van der Waals surface area contributed by atoms with E-state index in [2.05, 4.69) is 0 Å². The molecule has 0 aromatic carbocycles. The van der Waals surface area contributed by atoms with E-state index < -0.39 is 9.84 Å². The van der Waals surface area contributed by atoms with Crippen molar-refractivity contribution in [1.29, 1.82) is 0 Å². The monoisotopic (exact) mass is 207 g/mol. The normalized spacial score (nSPS) is 24.5. The van der Waals surface area contributed by atoms with E-state index in [9.17, 15) is 8.42 Å². The minimum atomic E-state index is -2.98. The summed E-state index contributed by atoms with van der Waals surface area (Å²) in [7, 11) is -2.98. The lowest BCUT2D eigenvalue weighted by molar-refractivity contribution is 0.0305. The Balaban J connectivity index is 2.37. The molecule has 0 bridgehead atoms. The lowest BCUT2D eigenvalue weighted by Gasteiger charge is -2.22. The molecule has 13 heavy (non-hydrogen) atoms. The molecule has 0 spiro atoms. The molecule has 1 atom stereocenters. The van der Waals surface area contributed by atoms with Crippen LogP contribution in [-0.4, -0.2) is 39.2 Å². The van der Waals surface area contributed by atoms with Crippen molar-refractivity contribution in [2.75, 3.05) is 24.7 Å². The van der Waals surface area contributed by atoms with Crippen LogP contribution in [0.3, 0.4) is 0 Å². The molecule has 1 aliphatic heterocycles. The van der Waals surface area contributed by atoms with Crippen molar-refractivity contribution < 1.29 is 13.2 Å². The summed E-state index contributed by atoms with van der Waals surface area (Å²) in [4.78, 5) is 0. The average Bonchev–Trinajstić information content (AvgIpc) is 2.04. The number of nitrogens with two attached hydrogens (primary N) is 1. The fourth-order valence-electron chi connectivity index (χ4n) is 1.48. The first-order valence-corrected chi connectivity index (χ1v) is 6.48. The van der Waals surface area contributed by atoms with Crippen LogP contribution < -0.4 is 5.73 Å². The molecule has 1 aliphatic rings. The quantitative estimate of drug-likeness (QED) is 0.700. The topological polar surface area (TPSA) is 69.4 Å². The number of sulfone groups is 1. The van der Waals surface area contributed by atoms with E-state index in [1.165, 1.54) is 0 Å². The second-order valence-electron chi connectivity index (χ2n) is 3.39. The standard InChI is InChI=1S/C8H17NO3S/c9-4-6-13(10,11)7-8-3-1-2-5-12-8/h8H,1-7,9H2. The second kappa shape index (κ2) is 4.93. The van der Waals surface area contributed by atoms with E-state index >= 15 is 0 Å². The molecule has 1 rings (SSSR count). The Morgan fingerprint density at radius 2 is 2.15 bits per heavy atom. The molecule has 2 N–H and O–H groups in total. The van der Waals surface area contributed by atoms with Crippen LogP contribution >= 0.6 is 0 Å². The zero-order valence-electron chi connectivity index (χ0n) is 7.74. The van der Waals surface area contributed by atoms with E-state index in [1.54, 1.807) is 0 Å². The minimum Gasteiger partial charge on any atom is -0.377 e. The van der Waals surface area contributed by atoms with Crippen molar-refractivity contribution >= 4 is 9.84 Å².